The van der Waals surface area contributed by atoms with Gasteiger partial charge in [-0.05, 0) is 19.1 Å². The molecule has 0 radical (unpaired) electrons. The highest BCUT2D eigenvalue weighted by atomic mass is 32.2. The molecule has 0 saturated heterocycles. The smallest absolute Gasteiger partial charge is 0.339 e. The quantitative estimate of drug-likeness (QED) is 0.469. The van der Waals surface area contributed by atoms with Gasteiger partial charge in [0.1, 0.15) is 0 Å². The summed E-state index contributed by atoms with van der Waals surface area (Å²) >= 11 is 1.43. The summed E-state index contributed by atoms with van der Waals surface area (Å²) in [6.07, 6.45) is 0. The van der Waals surface area contributed by atoms with E-state index in [-0.39, 0.29) is 5.97 Å². The minimum atomic E-state index is -0.288. The maximum Gasteiger partial charge on any atom is 0.339 e. The van der Waals surface area contributed by atoms with Gasteiger partial charge in [0, 0.05) is 10.8 Å². The summed E-state index contributed by atoms with van der Waals surface area (Å²) in [6.45, 7) is 2.18. The molecule has 14 heavy (non-hydrogen) atoms. The molecule has 0 aromatic heterocycles. The predicted molar refractivity (Wildman–Crippen MR) is 57.3 cm³/mol. The maximum absolute atomic E-state index is 11.5. The molecule has 0 saturated carbocycles. The van der Waals surface area contributed by atoms with Crippen molar-refractivity contribution in [3.8, 4) is 0 Å². The first-order chi connectivity index (χ1) is 6.79. The van der Waals surface area contributed by atoms with Gasteiger partial charge >= 0.3 is 5.97 Å². The Labute approximate surface area is 87.6 Å². The van der Waals surface area contributed by atoms with Gasteiger partial charge < -0.3 is 10.5 Å². The Bertz CT molecular complexity index is 315. The standard InChI is InChI=1S/C10H13NO2S/c1-2-13-10(12)8-5-3-4-6-9(8)14-7-11/h3-6H,2,7,11H2,1H3. The van der Waals surface area contributed by atoms with Crippen molar-refractivity contribution in [1.82, 2.24) is 0 Å². The summed E-state index contributed by atoms with van der Waals surface area (Å²) in [5, 5.41) is 0. The molecule has 0 bridgehead atoms. The first-order valence-corrected chi connectivity index (χ1v) is 5.37. The highest BCUT2D eigenvalue weighted by Gasteiger charge is 2.10. The highest BCUT2D eigenvalue weighted by Crippen LogP contribution is 2.21. The fourth-order valence-electron chi connectivity index (χ4n) is 1.06. The Kier molecular flexibility index (Phi) is 4.49. The predicted octanol–water partition coefficient (Wildman–Crippen LogP) is 1.87. The fourth-order valence-corrected chi connectivity index (χ4v) is 1.72. The second-order valence-corrected chi connectivity index (χ2v) is 3.59. The largest absolute Gasteiger partial charge is 0.462 e. The van der Waals surface area contributed by atoms with Crippen molar-refractivity contribution < 1.29 is 9.53 Å². The monoisotopic (exact) mass is 211 g/mol. The number of nitrogens with two attached hydrogens (primary N) is 1. The van der Waals surface area contributed by atoms with E-state index in [4.69, 9.17) is 10.5 Å². The van der Waals surface area contributed by atoms with Crippen molar-refractivity contribution in [2.24, 2.45) is 5.73 Å². The van der Waals surface area contributed by atoms with Gasteiger partial charge in [-0.3, -0.25) is 0 Å². The van der Waals surface area contributed by atoms with Gasteiger partial charge in [-0.2, -0.15) is 0 Å². The van der Waals surface area contributed by atoms with Crippen molar-refractivity contribution in [2.75, 3.05) is 12.5 Å². The molecule has 1 aromatic carbocycles. The van der Waals surface area contributed by atoms with Gasteiger partial charge in [-0.15, -0.1) is 11.8 Å². The van der Waals surface area contributed by atoms with Crippen LogP contribution >= 0.6 is 11.8 Å². The molecule has 0 aliphatic rings. The number of ether oxygens (including phenoxy) is 1. The summed E-state index contributed by atoms with van der Waals surface area (Å²) in [7, 11) is 0. The molecule has 3 nitrogen and oxygen atoms in total. The molecule has 2 N–H and O–H groups in total. The maximum atomic E-state index is 11.5. The summed E-state index contributed by atoms with van der Waals surface area (Å²) in [6, 6.07) is 7.30. The zero-order valence-corrected chi connectivity index (χ0v) is 8.84. The lowest BCUT2D eigenvalue weighted by atomic mass is 10.2. The molecule has 0 aliphatic heterocycles. The van der Waals surface area contributed by atoms with Crippen LogP contribution in [0.4, 0.5) is 0 Å². The van der Waals surface area contributed by atoms with Crippen molar-refractivity contribution in [1.29, 1.82) is 0 Å². The fraction of sp³-hybridized carbons (Fsp3) is 0.300. The third-order valence-electron chi connectivity index (χ3n) is 1.62. The van der Waals surface area contributed by atoms with E-state index >= 15 is 0 Å². The molecule has 4 heteroatoms. The molecule has 0 aliphatic carbocycles. The average Bonchev–Trinajstić information content (AvgIpc) is 2.19. The molecule has 0 spiro atoms. The second kappa shape index (κ2) is 5.67. The number of rotatable bonds is 4. The Hall–Kier alpha value is -1.00. The van der Waals surface area contributed by atoms with Gasteiger partial charge in [0.2, 0.25) is 0 Å². The van der Waals surface area contributed by atoms with Gasteiger partial charge in [-0.25, -0.2) is 4.79 Å². The molecule has 0 heterocycles. The van der Waals surface area contributed by atoms with E-state index in [1.807, 2.05) is 18.2 Å². The van der Waals surface area contributed by atoms with Crippen LogP contribution in [0, 0.1) is 0 Å². The van der Waals surface area contributed by atoms with E-state index in [9.17, 15) is 4.79 Å². The lowest BCUT2D eigenvalue weighted by Crippen LogP contribution is -2.06. The topological polar surface area (TPSA) is 52.3 Å². The van der Waals surface area contributed by atoms with Crippen LogP contribution < -0.4 is 5.73 Å². The Morgan fingerprint density at radius 3 is 2.86 bits per heavy atom. The van der Waals surface area contributed by atoms with E-state index in [1.165, 1.54) is 11.8 Å². The summed E-state index contributed by atoms with van der Waals surface area (Å²) in [5.74, 6) is 0.167. The lowest BCUT2D eigenvalue weighted by molar-refractivity contribution is 0.0522. The SMILES string of the molecule is CCOC(=O)c1ccccc1SCN. The highest BCUT2D eigenvalue weighted by molar-refractivity contribution is 7.99. The van der Waals surface area contributed by atoms with Gasteiger partial charge in [0.05, 0.1) is 12.2 Å². The molecular weight excluding hydrogens is 198 g/mol. The van der Waals surface area contributed by atoms with Crippen LogP contribution in [-0.4, -0.2) is 18.5 Å². The first kappa shape index (κ1) is 11.1. The van der Waals surface area contributed by atoms with Crippen molar-refractivity contribution in [2.45, 2.75) is 11.8 Å². The number of hydrogen-bond acceptors (Lipinski definition) is 4. The number of thioether (sulfide) groups is 1. The molecule has 0 fully saturated rings. The molecule has 1 rings (SSSR count). The Morgan fingerprint density at radius 2 is 2.21 bits per heavy atom. The van der Waals surface area contributed by atoms with Crippen molar-refractivity contribution >= 4 is 17.7 Å². The van der Waals surface area contributed by atoms with Crippen molar-refractivity contribution in [3.63, 3.8) is 0 Å². The lowest BCUT2D eigenvalue weighted by Gasteiger charge is -2.06. The van der Waals surface area contributed by atoms with Crippen LogP contribution in [-0.2, 0) is 4.74 Å². The molecular formula is C10H13NO2S. The number of hydrogen-bond donors (Lipinski definition) is 1. The molecule has 0 amide bonds. The summed E-state index contributed by atoms with van der Waals surface area (Å²) in [5.41, 5.74) is 6.00. The van der Waals surface area contributed by atoms with Crippen LogP contribution in [0.2, 0.25) is 0 Å². The molecule has 0 atom stereocenters. The summed E-state index contributed by atoms with van der Waals surface area (Å²) < 4.78 is 4.92. The van der Waals surface area contributed by atoms with Crippen LogP contribution in [0.5, 0.6) is 0 Å². The van der Waals surface area contributed by atoms with Gasteiger partial charge in [-0.1, -0.05) is 12.1 Å². The van der Waals surface area contributed by atoms with E-state index in [2.05, 4.69) is 0 Å². The van der Waals surface area contributed by atoms with E-state index in [0.717, 1.165) is 4.90 Å². The zero-order chi connectivity index (χ0) is 10.4. The van der Waals surface area contributed by atoms with Gasteiger partial charge in [0.15, 0.2) is 0 Å². The Balaban J connectivity index is 2.88. The van der Waals surface area contributed by atoms with Crippen molar-refractivity contribution in [3.05, 3.63) is 29.8 Å². The minimum Gasteiger partial charge on any atom is -0.462 e. The first-order valence-electron chi connectivity index (χ1n) is 4.38. The second-order valence-electron chi connectivity index (χ2n) is 2.53. The number of carbonyl (C=O) groups excluding carboxylic acids is 1. The van der Waals surface area contributed by atoms with Crippen LogP contribution in [0.25, 0.3) is 0 Å². The molecule has 0 unspecified atom stereocenters. The number of benzene rings is 1. The minimum absolute atomic E-state index is 0.288. The van der Waals surface area contributed by atoms with E-state index < -0.39 is 0 Å². The van der Waals surface area contributed by atoms with Gasteiger partial charge in [0.25, 0.3) is 0 Å². The number of esters is 1. The van der Waals surface area contributed by atoms with Crippen LogP contribution in [0.15, 0.2) is 29.2 Å². The third kappa shape index (κ3) is 2.75. The number of carbonyl (C=O) groups is 1. The van der Waals surface area contributed by atoms with E-state index in [0.29, 0.717) is 18.0 Å². The summed E-state index contributed by atoms with van der Waals surface area (Å²) in [4.78, 5) is 12.3. The Morgan fingerprint density at radius 1 is 1.50 bits per heavy atom. The van der Waals surface area contributed by atoms with E-state index in [1.54, 1.807) is 13.0 Å². The average molecular weight is 211 g/mol. The third-order valence-corrected chi connectivity index (χ3v) is 2.45. The molecule has 1 aromatic rings. The normalized spacial score (nSPS) is 9.86. The zero-order valence-electron chi connectivity index (χ0n) is 8.03. The van der Waals surface area contributed by atoms with Crippen LogP contribution in [0.1, 0.15) is 17.3 Å². The molecule has 76 valence electrons. The van der Waals surface area contributed by atoms with Crippen LogP contribution in [0.3, 0.4) is 0 Å².